The lowest BCUT2D eigenvalue weighted by Gasteiger charge is -2.28. The zero-order chi connectivity index (χ0) is 29.4. The van der Waals surface area contributed by atoms with E-state index < -0.39 is 48.5 Å². The molecule has 41 heavy (non-hydrogen) atoms. The Kier molecular flexibility index (Phi) is 10.6. The summed E-state index contributed by atoms with van der Waals surface area (Å²) in [4.78, 5) is 35.5. The molecule has 2 aromatic heterocycles. The topological polar surface area (TPSA) is 122 Å². The van der Waals surface area contributed by atoms with Crippen molar-refractivity contribution in [2.75, 3.05) is 45.3 Å². The smallest absolute Gasteiger partial charge is 0.326 e. The van der Waals surface area contributed by atoms with E-state index in [1.807, 2.05) is 4.90 Å². The largest absolute Gasteiger partial charge is 0.480 e. The second-order valence-corrected chi connectivity index (χ2v) is 10.8. The van der Waals surface area contributed by atoms with Gasteiger partial charge >= 0.3 is 5.97 Å². The summed E-state index contributed by atoms with van der Waals surface area (Å²) in [5.41, 5.74) is 0.972. The quantitative estimate of drug-likeness (QED) is 0.244. The van der Waals surface area contributed by atoms with Crippen molar-refractivity contribution in [3.63, 3.8) is 0 Å². The number of amides is 1. The number of imidazole rings is 1. The van der Waals surface area contributed by atoms with Crippen LogP contribution in [0.3, 0.4) is 0 Å². The molecule has 1 amide bonds. The monoisotopic (exact) mass is 580 g/mol. The van der Waals surface area contributed by atoms with Gasteiger partial charge in [0.1, 0.15) is 24.1 Å². The third-order valence-electron chi connectivity index (χ3n) is 7.89. The molecule has 2 atom stereocenters. The number of rotatable bonds is 17. The summed E-state index contributed by atoms with van der Waals surface area (Å²) >= 11 is 0. The molecule has 0 aromatic carbocycles. The van der Waals surface area contributed by atoms with Crippen molar-refractivity contribution in [2.45, 2.75) is 75.5 Å². The molecule has 226 valence electrons. The second kappa shape index (κ2) is 14.1. The average Bonchev–Trinajstić information content (AvgIpc) is 3.63. The third kappa shape index (κ3) is 7.76. The maximum Gasteiger partial charge on any atom is 0.326 e. The van der Waals surface area contributed by atoms with Gasteiger partial charge < -0.3 is 29.9 Å². The molecular formula is C28H39F3N6O4. The highest BCUT2D eigenvalue weighted by Crippen LogP contribution is 2.45. The van der Waals surface area contributed by atoms with Gasteiger partial charge in [-0.15, -0.1) is 0 Å². The number of hydrogen-bond acceptors (Lipinski definition) is 7. The number of carbonyl (C=O) groups excluding carboxylic acids is 1. The van der Waals surface area contributed by atoms with Crippen LogP contribution in [0.1, 0.15) is 62.0 Å². The third-order valence-corrected chi connectivity index (χ3v) is 7.89. The van der Waals surface area contributed by atoms with Gasteiger partial charge in [0.2, 0.25) is 5.91 Å². The van der Waals surface area contributed by atoms with Crippen LogP contribution in [-0.2, 0) is 32.7 Å². The second-order valence-electron chi connectivity index (χ2n) is 10.8. The summed E-state index contributed by atoms with van der Waals surface area (Å²) in [6, 6.07) is 2.93. The summed E-state index contributed by atoms with van der Waals surface area (Å²) in [5, 5.41) is 15.7. The van der Waals surface area contributed by atoms with Crippen LogP contribution >= 0.6 is 0 Å². The molecule has 0 saturated heterocycles. The van der Waals surface area contributed by atoms with Crippen LogP contribution in [-0.4, -0.2) is 88.5 Å². The number of methoxy groups -OCH3 is 1. The number of unbranched alkanes of at least 4 members (excludes halogenated alkanes) is 1. The van der Waals surface area contributed by atoms with Crippen molar-refractivity contribution in [3.05, 3.63) is 41.6 Å². The molecule has 13 heteroatoms. The van der Waals surface area contributed by atoms with E-state index in [9.17, 15) is 27.9 Å². The molecule has 0 radical (unpaired) electrons. The van der Waals surface area contributed by atoms with E-state index in [0.717, 1.165) is 54.7 Å². The Bertz CT molecular complexity index is 1170. The minimum Gasteiger partial charge on any atom is -0.480 e. The Morgan fingerprint density at radius 2 is 2.07 bits per heavy atom. The Morgan fingerprint density at radius 3 is 2.76 bits per heavy atom. The number of aliphatic carboxylic acids is 1. The van der Waals surface area contributed by atoms with Gasteiger partial charge in [-0.3, -0.25) is 4.79 Å². The first kappa shape index (κ1) is 30.8. The van der Waals surface area contributed by atoms with Crippen molar-refractivity contribution in [2.24, 2.45) is 0 Å². The molecule has 1 saturated carbocycles. The van der Waals surface area contributed by atoms with Gasteiger partial charge in [-0.2, -0.15) is 0 Å². The van der Waals surface area contributed by atoms with Crippen LogP contribution < -0.4 is 10.6 Å². The highest BCUT2D eigenvalue weighted by Gasteiger charge is 2.54. The number of halogens is 3. The molecular weight excluding hydrogens is 541 g/mol. The van der Waals surface area contributed by atoms with Crippen molar-refractivity contribution >= 4 is 17.7 Å². The normalized spacial score (nSPS) is 17.1. The maximum atomic E-state index is 13.4. The van der Waals surface area contributed by atoms with Crippen LogP contribution in [0.2, 0.25) is 0 Å². The zero-order valence-electron chi connectivity index (χ0n) is 23.3. The van der Waals surface area contributed by atoms with Crippen LogP contribution in [0.5, 0.6) is 0 Å². The van der Waals surface area contributed by atoms with Crippen molar-refractivity contribution < 1.29 is 32.6 Å². The van der Waals surface area contributed by atoms with Gasteiger partial charge in [-0.1, -0.05) is 6.07 Å². The molecule has 1 aliphatic carbocycles. The van der Waals surface area contributed by atoms with E-state index in [1.165, 1.54) is 25.1 Å². The number of alkyl halides is 3. The SMILES string of the molecule is CO[C@H](CF)CN(CCCCc1ccc2c(n1)NCCC2)CC[C@H](NC(=O)C1(n2ccnc2C(F)F)CC1)C(=O)O. The van der Waals surface area contributed by atoms with Crippen LogP contribution in [0, 0.1) is 0 Å². The molecule has 3 N–H and O–H groups in total. The van der Waals surface area contributed by atoms with Crippen molar-refractivity contribution in [1.82, 2.24) is 24.8 Å². The lowest BCUT2D eigenvalue weighted by Crippen LogP contribution is -2.49. The molecule has 1 fully saturated rings. The van der Waals surface area contributed by atoms with E-state index in [0.29, 0.717) is 19.4 Å². The Morgan fingerprint density at radius 1 is 1.27 bits per heavy atom. The molecule has 0 spiro atoms. The number of fused-ring (bicyclic) bond motifs is 1. The molecule has 0 unspecified atom stereocenters. The number of nitrogens with one attached hydrogen (secondary N) is 2. The van der Waals surface area contributed by atoms with Gasteiger partial charge in [0.25, 0.3) is 6.43 Å². The van der Waals surface area contributed by atoms with E-state index in [2.05, 4.69) is 27.8 Å². The molecule has 3 heterocycles. The summed E-state index contributed by atoms with van der Waals surface area (Å²) < 4.78 is 46.6. The molecule has 10 nitrogen and oxygen atoms in total. The molecule has 2 aliphatic rings. The molecule has 0 bridgehead atoms. The number of aryl methyl sites for hydroxylation is 2. The highest BCUT2D eigenvalue weighted by molar-refractivity contribution is 5.91. The summed E-state index contributed by atoms with van der Waals surface area (Å²) in [6.07, 6.45) is 4.22. The number of carboxylic acids is 1. The number of ether oxygens (including phenoxy) is 1. The number of hydrogen-bond donors (Lipinski definition) is 3. The fourth-order valence-corrected chi connectivity index (χ4v) is 5.31. The number of carboxylic acid groups (broad SMARTS) is 1. The lowest BCUT2D eigenvalue weighted by atomic mass is 10.1. The molecule has 4 rings (SSSR count). The summed E-state index contributed by atoms with van der Waals surface area (Å²) in [6.45, 7) is 1.37. The molecule has 1 aliphatic heterocycles. The Balaban J connectivity index is 1.32. The fraction of sp³-hybridized carbons (Fsp3) is 0.643. The molecule has 2 aromatic rings. The van der Waals surface area contributed by atoms with Gasteiger partial charge in [0.15, 0.2) is 5.82 Å². The van der Waals surface area contributed by atoms with E-state index in [-0.39, 0.29) is 19.5 Å². The van der Waals surface area contributed by atoms with Gasteiger partial charge in [-0.05, 0) is 69.5 Å². The predicted octanol–water partition coefficient (Wildman–Crippen LogP) is 3.33. The van der Waals surface area contributed by atoms with Crippen LogP contribution in [0.4, 0.5) is 19.0 Å². The first-order chi connectivity index (χ1) is 19.8. The number of nitrogens with zero attached hydrogens (tertiary/aromatic N) is 4. The van der Waals surface area contributed by atoms with Gasteiger partial charge in [-0.25, -0.2) is 27.9 Å². The van der Waals surface area contributed by atoms with Crippen LogP contribution in [0.25, 0.3) is 0 Å². The first-order valence-electron chi connectivity index (χ1n) is 14.2. The van der Waals surface area contributed by atoms with Gasteiger partial charge in [0, 0.05) is 44.8 Å². The van der Waals surface area contributed by atoms with E-state index >= 15 is 0 Å². The lowest BCUT2D eigenvalue weighted by molar-refractivity contribution is -0.143. The Hall–Kier alpha value is -3.19. The highest BCUT2D eigenvalue weighted by atomic mass is 19.3. The minimum atomic E-state index is -2.86. The number of carbonyl (C=O) groups is 2. The Labute approximate surface area is 237 Å². The minimum absolute atomic E-state index is 0.0591. The standard InChI is InChI=1S/C28H39F3N6O4/c1-41-21(17-29)18-36(14-3-2-6-20-8-7-19-5-4-12-32-24(19)34-20)15-9-22(26(38)39)35-27(40)28(10-11-28)37-16-13-33-25(37)23(30)31/h7-8,13,16,21-23H,2-6,9-12,14-15,17-18H2,1H3,(H,32,34)(H,35,40)(H,38,39)/t21-,22+/m1/s1. The number of pyridine rings is 1. The number of anilines is 1. The van der Waals surface area contributed by atoms with Crippen LogP contribution in [0.15, 0.2) is 24.5 Å². The summed E-state index contributed by atoms with van der Waals surface area (Å²) in [5.74, 6) is -1.42. The first-order valence-corrected chi connectivity index (χ1v) is 14.2. The summed E-state index contributed by atoms with van der Waals surface area (Å²) in [7, 11) is 1.43. The average molecular weight is 581 g/mol. The predicted molar refractivity (Wildman–Crippen MR) is 146 cm³/mol. The number of aromatic nitrogens is 3. The van der Waals surface area contributed by atoms with Crippen molar-refractivity contribution in [1.29, 1.82) is 0 Å². The van der Waals surface area contributed by atoms with E-state index in [4.69, 9.17) is 9.72 Å². The van der Waals surface area contributed by atoms with Gasteiger partial charge in [0.05, 0.1) is 6.10 Å². The fourth-order valence-electron chi connectivity index (χ4n) is 5.31. The van der Waals surface area contributed by atoms with E-state index in [1.54, 1.807) is 0 Å². The zero-order valence-corrected chi connectivity index (χ0v) is 23.3. The van der Waals surface area contributed by atoms with Crippen molar-refractivity contribution in [3.8, 4) is 0 Å². The maximum absolute atomic E-state index is 13.4.